The molecule has 0 bridgehead atoms. The highest BCUT2D eigenvalue weighted by Gasteiger charge is 2.20. The first-order valence-corrected chi connectivity index (χ1v) is 12.7. The molecule has 0 saturated carbocycles. The third-order valence-electron chi connectivity index (χ3n) is 6.52. The van der Waals surface area contributed by atoms with Crippen LogP contribution < -0.4 is 10.6 Å². The molecule has 2 aromatic rings. The molecule has 0 unspecified atom stereocenters. The number of carbonyl (C=O) groups excluding carboxylic acids is 1. The summed E-state index contributed by atoms with van der Waals surface area (Å²) in [6.45, 7) is 12.0. The van der Waals surface area contributed by atoms with Gasteiger partial charge in [-0.3, -0.25) is 4.79 Å². The molecule has 1 aliphatic heterocycles. The second-order valence-electron chi connectivity index (χ2n) is 10.1. The van der Waals surface area contributed by atoms with Crippen LogP contribution in [0, 0.1) is 0 Å². The topological polar surface area (TPSA) is 44.4 Å². The zero-order chi connectivity index (χ0) is 23.8. The van der Waals surface area contributed by atoms with Crippen molar-refractivity contribution in [1.82, 2.24) is 10.2 Å². The predicted octanol–water partition coefficient (Wildman–Crippen LogP) is 6.16. The lowest BCUT2D eigenvalue weighted by Gasteiger charge is -2.35. The Labute approximate surface area is 205 Å². The lowest BCUT2D eigenvalue weighted by atomic mass is 9.86. The first-order chi connectivity index (χ1) is 15.8. The average Bonchev–Trinajstić information content (AvgIpc) is 2.81. The van der Waals surface area contributed by atoms with E-state index < -0.39 is 0 Å². The molecule has 1 heterocycles. The third kappa shape index (κ3) is 7.38. The predicted molar refractivity (Wildman–Crippen MR) is 143 cm³/mol. The standard InChI is InChI=1S/C28H39N3OS/c1-5-25-12-6-7-18-31(25)19-9-17-29-27(33)30-24-11-8-10-22(20-24)26(32)21-13-15-23(16-14-21)28(2,3)4/h8,10-11,13-16,20,25H,5-7,9,12,17-19H2,1-4H3,(H2,29,30,33)/t25-/m0/s1. The van der Waals surface area contributed by atoms with Crippen molar-refractivity contribution >= 4 is 28.8 Å². The quantitative estimate of drug-likeness (QED) is 0.278. The number of benzene rings is 2. The minimum Gasteiger partial charge on any atom is -0.362 e. The summed E-state index contributed by atoms with van der Waals surface area (Å²) in [5.41, 5.74) is 3.47. The molecule has 0 aliphatic carbocycles. The molecule has 5 heteroatoms. The van der Waals surface area contributed by atoms with Crippen LogP contribution in [0.5, 0.6) is 0 Å². The van der Waals surface area contributed by atoms with Crippen LogP contribution in [0.2, 0.25) is 0 Å². The van der Waals surface area contributed by atoms with Crippen LogP contribution in [0.3, 0.4) is 0 Å². The first kappa shape index (κ1) is 25.4. The van der Waals surface area contributed by atoms with E-state index in [-0.39, 0.29) is 11.2 Å². The van der Waals surface area contributed by atoms with Crippen LogP contribution in [0.1, 0.15) is 81.3 Å². The summed E-state index contributed by atoms with van der Waals surface area (Å²) in [5, 5.41) is 7.14. The number of rotatable bonds is 8. The van der Waals surface area contributed by atoms with Crippen LogP contribution in [-0.2, 0) is 5.41 Å². The second-order valence-corrected chi connectivity index (χ2v) is 10.5. The van der Waals surface area contributed by atoms with Gasteiger partial charge >= 0.3 is 0 Å². The molecule has 3 rings (SSSR count). The number of carbonyl (C=O) groups is 1. The lowest BCUT2D eigenvalue weighted by Crippen LogP contribution is -2.40. The molecule has 1 atom stereocenters. The van der Waals surface area contributed by atoms with E-state index in [0.29, 0.717) is 16.2 Å². The molecule has 0 aromatic heterocycles. The van der Waals surface area contributed by atoms with Gasteiger partial charge in [-0.25, -0.2) is 0 Å². The van der Waals surface area contributed by atoms with Crippen molar-refractivity contribution in [2.75, 3.05) is 25.0 Å². The lowest BCUT2D eigenvalue weighted by molar-refractivity contribution is 0.103. The molecular formula is C28H39N3OS. The summed E-state index contributed by atoms with van der Waals surface area (Å²) >= 11 is 5.48. The van der Waals surface area contributed by atoms with E-state index in [1.54, 1.807) is 0 Å². The van der Waals surface area contributed by atoms with Crippen molar-refractivity contribution in [3.8, 4) is 0 Å². The fourth-order valence-electron chi connectivity index (χ4n) is 4.50. The smallest absolute Gasteiger partial charge is 0.193 e. The summed E-state index contributed by atoms with van der Waals surface area (Å²) in [7, 11) is 0. The zero-order valence-corrected chi connectivity index (χ0v) is 21.4. The highest BCUT2D eigenvalue weighted by molar-refractivity contribution is 7.80. The van der Waals surface area contributed by atoms with Crippen LogP contribution in [0.15, 0.2) is 48.5 Å². The molecule has 4 nitrogen and oxygen atoms in total. The number of anilines is 1. The van der Waals surface area contributed by atoms with Gasteiger partial charge in [-0.15, -0.1) is 0 Å². The molecule has 2 N–H and O–H groups in total. The summed E-state index contributed by atoms with van der Waals surface area (Å²) in [6, 6.07) is 16.2. The Morgan fingerprint density at radius 1 is 1.09 bits per heavy atom. The zero-order valence-electron chi connectivity index (χ0n) is 20.6. The van der Waals surface area contributed by atoms with Gasteiger partial charge in [0.25, 0.3) is 0 Å². The number of piperidine rings is 1. The number of nitrogens with zero attached hydrogens (tertiary/aromatic N) is 1. The van der Waals surface area contributed by atoms with Gasteiger partial charge in [-0.2, -0.15) is 0 Å². The summed E-state index contributed by atoms with van der Waals surface area (Å²) in [5.74, 6) is 0.0185. The minimum atomic E-state index is 0.0185. The number of likely N-dealkylation sites (tertiary alicyclic amines) is 1. The van der Waals surface area contributed by atoms with E-state index in [2.05, 4.69) is 43.2 Å². The molecule has 2 aromatic carbocycles. The Balaban J connectivity index is 1.50. The van der Waals surface area contributed by atoms with Crippen molar-refractivity contribution in [1.29, 1.82) is 0 Å². The fourth-order valence-corrected chi connectivity index (χ4v) is 4.72. The fraction of sp³-hybridized carbons (Fsp3) is 0.500. The Morgan fingerprint density at radius 2 is 1.85 bits per heavy atom. The number of ketones is 1. The van der Waals surface area contributed by atoms with Gasteiger partial charge in [-0.1, -0.05) is 70.5 Å². The van der Waals surface area contributed by atoms with E-state index in [1.165, 1.54) is 37.8 Å². The van der Waals surface area contributed by atoms with Crippen molar-refractivity contribution in [3.63, 3.8) is 0 Å². The maximum absolute atomic E-state index is 13.0. The number of hydrogen-bond donors (Lipinski definition) is 2. The summed E-state index contributed by atoms with van der Waals surface area (Å²) in [4.78, 5) is 15.6. The minimum absolute atomic E-state index is 0.0185. The SMILES string of the molecule is CC[C@H]1CCCCN1CCCNC(=S)Nc1cccc(C(=O)c2ccc(C(C)(C)C)cc2)c1. The number of nitrogens with one attached hydrogen (secondary N) is 2. The maximum Gasteiger partial charge on any atom is 0.193 e. The number of thiocarbonyl (C=S) groups is 1. The molecule has 178 valence electrons. The highest BCUT2D eigenvalue weighted by atomic mass is 32.1. The Kier molecular flexibility index (Phi) is 9.04. The average molecular weight is 466 g/mol. The van der Waals surface area contributed by atoms with Crippen LogP contribution in [0.25, 0.3) is 0 Å². The first-order valence-electron chi connectivity index (χ1n) is 12.3. The molecule has 1 saturated heterocycles. The Morgan fingerprint density at radius 3 is 2.55 bits per heavy atom. The highest BCUT2D eigenvalue weighted by Crippen LogP contribution is 2.23. The third-order valence-corrected chi connectivity index (χ3v) is 6.77. The monoisotopic (exact) mass is 465 g/mol. The van der Waals surface area contributed by atoms with Crippen molar-refractivity contribution in [2.24, 2.45) is 0 Å². The van der Waals surface area contributed by atoms with Crippen LogP contribution in [-0.4, -0.2) is 41.5 Å². The van der Waals surface area contributed by atoms with Crippen molar-refractivity contribution < 1.29 is 4.79 Å². The van der Waals surface area contributed by atoms with Crippen LogP contribution in [0.4, 0.5) is 5.69 Å². The maximum atomic E-state index is 13.0. The van der Waals surface area contributed by atoms with E-state index in [4.69, 9.17) is 12.2 Å². The molecule has 33 heavy (non-hydrogen) atoms. The van der Waals surface area contributed by atoms with Gasteiger partial charge in [0, 0.05) is 35.9 Å². The normalized spacial score (nSPS) is 16.9. The van der Waals surface area contributed by atoms with Gasteiger partial charge in [0.15, 0.2) is 10.9 Å². The molecule has 0 amide bonds. The van der Waals surface area contributed by atoms with Gasteiger partial charge in [0.05, 0.1) is 0 Å². The van der Waals surface area contributed by atoms with Crippen molar-refractivity contribution in [2.45, 2.75) is 71.3 Å². The van der Waals surface area contributed by atoms with E-state index >= 15 is 0 Å². The van der Waals surface area contributed by atoms with E-state index in [0.717, 1.165) is 31.2 Å². The second kappa shape index (κ2) is 11.8. The summed E-state index contributed by atoms with van der Waals surface area (Å²) in [6.07, 6.45) is 6.33. The van der Waals surface area contributed by atoms with Gasteiger partial charge in [0.1, 0.15) is 0 Å². The van der Waals surface area contributed by atoms with Gasteiger partial charge in [0.2, 0.25) is 0 Å². The number of hydrogen-bond acceptors (Lipinski definition) is 3. The van der Waals surface area contributed by atoms with E-state index in [9.17, 15) is 4.79 Å². The van der Waals surface area contributed by atoms with Gasteiger partial charge in [-0.05, 0) is 67.6 Å². The van der Waals surface area contributed by atoms with Gasteiger partial charge < -0.3 is 15.5 Å². The van der Waals surface area contributed by atoms with Crippen LogP contribution >= 0.6 is 12.2 Å². The van der Waals surface area contributed by atoms with E-state index in [1.807, 2.05) is 48.5 Å². The molecule has 1 fully saturated rings. The van der Waals surface area contributed by atoms with Crippen molar-refractivity contribution in [3.05, 3.63) is 65.2 Å². The Bertz CT molecular complexity index is 933. The largest absolute Gasteiger partial charge is 0.362 e. The molecular weight excluding hydrogens is 426 g/mol. The molecule has 0 radical (unpaired) electrons. The molecule has 1 aliphatic rings. The summed E-state index contributed by atoms with van der Waals surface area (Å²) < 4.78 is 0. The molecule has 0 spiro atoms. The Hall–Kier alpha value is -2.24.